The lowest BCUT2D eigenvalue weighted by molar-refractivity contribution is -0.132. The second kappa shape index (κ2) is 7.38. The minimum Gasteiger partial charge on any atom is -0.507 e. The van der Waals surface area contributed by atoms with Crippen molar-refractivity contribution in [3.05, 3.63) is 102 Å². The van der Waals surface area contributed by atoms with Crippen molar-refractivity contribution in [2.24, 2.45) is 0 Å². The number of phenolic OH excluding ortho intramolecular Hbond substituents is 1. The van der Waals surface area contributed by atoms with Gasteiger partial charge in [-0.3, -0.25) is 14.5 Å². The van der Waals surface area contributed by atoms with Crippen molar-refractivity contribution in [3.63, 3.8) is 0 Å². The molecule has 1 aliphatic rings. The van der Waals surface area contributed by atoms with Crippen LogP contribution in [-0.4, -0.2) is 31.9 Å². The van der Waals surface area contributed by atoms with Crippen molar-refractivity contribution in [2.45, 2.75) is 6.04 Å². The summed E-state index contributed by atoms with van der Waals surface area (Å²) in [6.45, 7) is 0. The van der Waals surface area contributed by atoms with Crippen LogP contribution in [0.1, 0.15) is 17.2 Å². The van der Waals surface area contributed by atoms with Gasteiger partial charge in [0.05, 0.1) is 17.3 Å². The number of anilines is 1. The number of nitrogens with one attached hydrogen (secondary N) is 2. The number of hydrogen-bond donors (Lipinski definition) is 4. The van der Waals surface area contributed by atoms with E-state index in [-0.39, 0.29) is 22.8 Å². The number of carbonyl (C=O) groups excluding carboxylic acids is 2. The zero-order chi connectivity index (χ0) is 23.4. The summed E-state index contributed by atoms with van der Waals surface area (Å²) in [6.07, 6.45) is 3.36. The number of hydrogen-bond acceptors (Lipinski definition) is 4. The van der Waals surface area contributed by atoms with Crippen LogP contribution >= 0.6 is 0 Å². The average Bonchev–Trinajstić information content (AvgIpc) is 3.54. The number of benzene rings is 3. The molecule has 1 amide bonds. The minimum atomic E-state index is -0.946. The third-order valence-electron chi connectivity index (χ3n) is 6.35. The molecule has 7 heteroatoms. The lowest BCUT2D eigenvalue weighted by Gasteiger charge is -2.25. The highest BCUT2D eigenvalue weighted by molar-refractivity contribution is 6.52. The Bertz CT molecular complexity index is 1640. The van der Waals surface area contributed by atoms with E-state index in [1.54, 1.807) is 30.6 Å². The van der Waals surface area contributed by atoms with Crippen molar-refractivity contribution in [1.29, 1.82) is 0 Å². The van der Waals surface area contributed by atoms with Crippen molar-refractivity contribution in [1.82, 2.24) is 9.97 Å². The fraction of sp³-hybridized carbons (Fsp3) is 0.0370. The smallest absolute Gasteiger partial charge is 0.300 e. The van der Waals surface area contributed by atoms with Crippen LogP contribution in [0.5, 0.6) is 5.75 Å². The number of aromatic hydroxyl groups is 1. The number of aliphatic hydroxyl groups excluding tert-OH is 1. The Labute approximate surface area is 193 Å². The molecule has 34 heavy (non-hydrogen) atoms. The highest BCUT2D eigenvalue weighted by atomic mass is 16.3. The molecular weight excluding hydrogens is 430 g/mol. The van der Waals surface area contributed by atoms with E-state index in [0.29, 0.717) is 11.1 Å². The topological polar surface area (TPSA) is 109 Å². The van der Waals surface area contributed by atoms with Gasteiger partial charge in [0, 0.05) is 45.3 Å². The van der Waals surface area contributed by atoms with Crippen LogP contribution in [0.2, 0.25) is 0 Å². The monoisotopic (exact) mass is 449 g/mol. The van der Waals surface area contributed by atoms with E-state index >= 15 is 0 Å². The van der Waals surface area contributed by atoms with Crippen molar-refractivity contribution >= 4 is 44.9 Å². The van der Waals surface area contributed by atoms with Crippen LogP contribution in [0.15, 0.2) is 90.8 Å². The SMILES string of the molecule is O=C1C(=O)N(c2ccccc2O)C(c2c[nH]c3ccccc23)/C1=C(\O)c1c[nH]c2ccccc12. The lowest BCUT2D eigenvalue weighted by Crippen LogP contribution is -2.29. The zero-order valence-electron chi connectivity index (χ0n) is 17.8. The molecule has 1 unspecified atom stereocenters. The van der Waals surface area contributed by atoms with Gasteiger partial charge in [-0.25, -0.2) is 0 Å². The van der Waals surface area contributed by atoms with E-state index in [2.05, 4.69) is 9.97 Å². The predicted molar refractivity (Wildman–Crippen MR) is 129 cm³/mol. The Morgan fingerprint density at radius 2 is 1.41 bits per heavy atom. The Kier molecular flexibility index (Phi) is 4.31. The van der Waals surface area contributed by atoms with Gasteiger partial charge in [0.2, 0.25) is 0 Å². The zero-order valence-corrected chi connectivity index (χ0v) is 17.8. The maximum atomic E-state index is 13.4. The molecule has 0 saturated carbocycles. The molecule has 2 aromatic heterocycles. The van der Waals surface area contributed by atoms with Crippen molar-refractivity contribution < 1.29 is 19.8 Å². The number of rotatable bonds is 3. The predicted octanol–water partition coefficient (Wildman–Crippen LogP) is 4.98. The fourth-order valence-electron chi connectivity index (χ4n) is 4.78. The Morgan fingerprint density at radius 3 is 2.18 bits per heavy atom. The van der Waals surface area contributed by atoms with Gasteiger partial charge in [0.1, 0.15) is 11.5 Å². The average molecular weight is 449 g/mol. The molecule has 3 heterocycles. The van der Waals surface area contributed by atoms with E-state index in [4.69, 9.17) is 0 Å². The Balaban J connectivity index is 1.66. The highest BCUT2D eigenvalue weighted by Gasteiger charge is 2.48. The van der Waals surface area contributed by atoms with Gasteiger partial charge in [-0.1, -0.05) is 48.5 Å². The van der Waals surface area contributed by atoms with Gasteiger partial charge in [-0.05, 0) is 24.3 Å². The first-order valence-corrected chi connectivity index (χ1v) is 10.8. The first kappa shape index (κ1) is 19.9. The van der Waals surface area contributed by atoms with Gasteiger partial charge in [-0.15, -0.1) is 0 Å². The van der Waals surface area contributed by atoms with Gasteiger partial charge in [-0.2, -0.15) is 0 Å². The molecule has 0 radical (unpaired) electrons. The number of fused-ring (bicyclic) bond motifs is 2. The molecule has 4 N–H and O–H groups in total. The number of ketones is 1. The molecule has 5 aromatic rings. The second-order valence-electron chi connectivity index (χ2n) is 8.20. The summed E-state index contributed by atoms with van der Waals surface area (Å²) in [7, 11) is 0. The number of para-hydroxylation sites is 4. The van der Waals surface area contributed by atoms with Gasteiger partial charge in [0.25, 0.3) is 11.7 Å². The van der Waals surface area contributed by atoms with E-state index in [9.17, 15) is 19.8 Å². The number of amides is 1. The molecule has 0 spiro atoms. The number of aromatic nitrogens is 2. The Morgan fingerprint density at radius 1 is 0.794 bits per heavy atom. The van der Waals surface area contributed by atoms with Crippen molar-refractivity contribution in [3.8, 4) is 5.75 Å². The maximum absolute atomic E-state index is 13.4. The normalized spacial score (nSPS) is 17.8. The van der Waals surface area contributed by atoms with Crippen LogP contribution < -0.4 is 4.90 Å². The quantitative estimate of drug-likeness (QED) is 0.177. The molecule has 1 fully saturated rings. The summed E-state index contributed by atoms with van der Waals surface area (Å²) in [4.78, 5) is 34.3. The summed E-state index contributed by atoms with van der Waals surface area (Å²) < 4.78 is 0. The number of phenols is 1. The van der Waals surface area contributed by atoms with Crippen LogP contribution in [0.4, 0.5) is 5.69 Å². The fourth-order valence-corrected chi connectivity index (χ4v) is 4.78. The van der Waals surface area contributed by atoms with Crippen LogP contribution in [0.3, 0.4) is 0 Å². The molecule has 6 rings (SSSR count). The standard InChI is InChI=1S/C27H19N3O4/c31-22-12-6-5-11-21(22)30-24(17-13-28-19-9-3-1-7-15(17)19)23(26(33)27(30)34)25(32)18-14-29-20-10-4-2-8-16(18)20/h1-14,24,28-29,31-32H/b25-23+. The van der Waals surface area contributed by atoms with Crippen LogP contribution in [0, 0.1) is 0 Å². The molecule has 1 aliphatic heterocycles. The lowest BCUT2D eigenvalue weighted by atomic mass is 9.94. The largest absolute Gasteiger partial charge is 0.507 e. The summed E-state index contributed by atoms with van der Waals surface area (Å²) >= 11 is 0. The summed E-state index contributed by atoms with van der Waals surface area (Å²) in [5.74, 6) is -2.05. The molecular formula is C27H19N3O4. The molecule has 166 valence electrons. The second-order valence-corrected chi connectivity index (χ2v) is 8.20. The number of aromatic amines is 2. The first-order valence-electron chi connectivity index (χ1n) is 10.8. The first-order chi connectivity index (χ1) is 16.6. The molecule has 1 atom stereocenters. The summed E-state index contributed by atoms with van der Waals surface area (Å²) in [6, 6.07) is 20.3. The molecule has 0 bridgehead atoms. The maximum Gasteiger partial charge on any atom is 0.300 e. The molecule has 0 aliphatic carbocycles. The number of carbonyl (C=O) groups is 2. The van der Waals surface area contributed by atoms with Gasteiger partial charge < -0.3 is 20.2 Å². The van der Waals surface area contributed by atoms with E-state index in [1.807, 2.05) is 48.5 Å². The molecule has 3 aromatic carbocycles. The number of nitrogens with zero attached hydrogens (tertiary/aromatic N) is 1. The summed E-state index contributed by atoms with van der Waals surface area (Å²) in [5, 5.41) is 23.5. The Hall–Kier alpha value is -4.78. The minimum absolute atomic E-state index is 0.0391. The van der Waals surface area contributed by atoms with E-state index in [1.165, 1.54) is 11.0 Å². The summed E-state index contributed by atoms with van der Waals surface area (Å²) in [5.41, 5.74) is 2.84. The van der Waals surface area contributed by atoms with Gasteiger partial charge >= 0.3 is 0 Å². The van der Waals surface area contributed by atoms with Crippen LogP contribution in [-0.2, 0) is 9.59 Å². The molecule has 1 saturated heterocycles. The van der Waals surface area contributed by atoms with Crippen molar-refractivity contribution in [2.75, 3.05) is 4.90 Å². The van der Waals surface area contributed by atoms with Crippen LogP contribution in [0.25, 0.3) is 27.6 Å². The number of aliphatic hydroxyl groups is 1. The van der Waals surface area contributed by atoms with E-state index < -0.39 is 17.7 Å². The molecule has 7 nitrogen and oxygen atoms in total. The van der Waals surface area contributed by atoms with E-state index in [0.717, 1.165) is 21.8 Å². The third kappa shape index (κ3) is 2.77. The number of H-pyrrole nitrogens is 2. The highest BCUT2D eigenvalue weighted by Crippen LogP contribution is 2.46. The third-order valence-corrected chi connectivity index (χ3v) is 6.35. The number of Topliss-reactive ketones (excluding diaryl/α,β-unsaturated/α-hetero) is 1. The van der Waals surface area contributed by atoms with Gasteiger partial charge in [0.15, 0.2) is 0 Å².